The van der Waals surface area contributed by atoms with Gasteiger partial charge in [-0.1, -0.05) is 31.2 Å². The summed E-state index contributed by atoms with van der Waals surface area (Å²) < 4.78 is 7.98. The van der Waals surface area contributed by atoms with Crippen molar-refractivity contribution in [3.05, 3.63) is 76.9 Å². The normalized spacial score (nSPS) is 15.5. The third-order valence-corrected chi connectivity index (χ3v) is 5.17. The number of aromatic nitrogens is 3. The second kappa shape index (κ2) is 8.89. The van der Waals surface area contributed by atoms with Crippen LogP contribution < -0.4 is 10.1 Å². The largest absolute Gasteiger partial charge is 0.489 e. The van der Waals surface area contributed by atoms with E-state index in [-0.39, 0.29) is 0 Å². The minimum Gasteiger partial charge on any atom is -0.489 e. The summed E-state index contributed by atoms with van der Waals surface area (Å²) in [6.45, 7) is 4.19. The third kappa shape index (κ3) is 4.82. The molecule has 1 unspecified atom stereocenters. The summed E-state index contributed by atoms with van der Waals surface area (Å²) in [5.74, 6) is 2.88. The summed E-state index contributed by atoms with van der Waals surface area (Å²) in [6, 6.07) is 18.2. The number of nitrogens with one attached hydrogen (secondary N) is 1. The molecule has 2 aromatic carbocycles. The van der Waals surface area contributed by atoms with Crippen LogP contribution in [0.4, 0.5) is 0 Å². The lowest BCUT2D eigenvalue weighted by Gasteiger charge is -2.23. The van der Waals surface area contributed by atoms with Crippen molar-refractivity contribution in [1.82, 2.24) is 20.1 Å². The molecule has 1 atom stereocenters. The first-order chi connectivity index (χ1) is 14.2. The van der Waals surface area contributed by atoms with Gasteiger partial charge in [0.1, 0.15) is 18.2 Å². The van der Waals surface area contributed by atoms with Gasteiger partial charge in [-0.25, -0.2) is 9.67 Å². The van der Waals surface area contributed by atoms with E-state index in [1.54, 1.807) is 6.07 Å². The van der Waals surface area contributed by atoms with Gasteiger partial charge in [-0.15, -0.1) is 0 Å². The number of nitriles is 1. The molecule has 0 fully saturated rings. The quantitative estimate of drug-likeness (QED) is 0.672. The van der Waals surface area contributed by atoms with Crippen LogP contribution in [0.2, 0.25) is 0 Å². The molecule has 29 heavy (non-hydrogen) atoms. The minimum absolute atomic E-state index is 0.396. The Balaban J connectivity index is 1.31. The molecule has 0 radical (unpaired) electrons. The van der Waals surface area contributed by atoms with Crippen LogP contribution in [0.5, 0.6) is 5.75 Å². The lowest BCUT2D eigenvalue weighted by molar-refractivity contribution is 0.305. The topological polar surface area (TPSA) is 75.8 Å². The second-order valence-corrected chi connectivity index (χ2v) is 7.34. The Morgan fingerprint density at radius 3 is 2.93 bits per heavy atom. The van der Waals surface area contributed by atoms with Crippen LogP contribution in [0.15, 0.2) is 48.5 Å². The molecule has 6 nitrogen and oxygen atoms in total. The Labute approximate surface area is 171 Å². The first-order valence-electron chi connectivity index (χ1n) is 10.1. The van der Waals surface area contributed by atoms with Crippen molar-refractivity contribution < 1.29 is 4.74 Å². The van der Waals surface area contributed by atoms with Crippen molar-refractivity contribution >= 4 is 0 Å². The van der Waals surface area contributed by atoms with Crippen LogP contribution in [-0.2, 0) is 32.5 Å². The summed E-state index contributed by atoms with van der Waals surface area (Å²) in [5.41, 5.74) is 2.83. The molecule has 1 aromatic heterocycles. The zero-order chi connectivity index (χ0) is 20.1. The van der Waals surface area contributed by atoms with Gasteiger partial charge in [0.05, 0.1) is 18.2 Å². The Kier molecular flexibility index (Phi) is 5.87. The van der Waals surface area contributed by atoms with Gasteiger partial charge in [0.25, 0.3) is 0 Å². The van der Waals surface area contributed by atoms with Crippen LogP contribution in [0, 0.1) is 11.3 Å². The maximum absolute atomic E-state index is 9.01. The fourth-order valence-corrected chi connectivity index (χ4v) is 3.58. The first kappa shape index (κ1) is 19.2. The number of aryl methyl sites for hydroxylation is 2. The molecule has 0 bridgehead atoms. The van der Waals surface area contributed by atoms with Gasteiger partial charge in [0.2, 0.25) is 0 Å². The van der Waals surface area contributed by atoms with Gasteiger partial charge >= 0.3 is 0 Å². The number of benzene rings is 2. The van der Waals surface area contributed by atoms with Gasteiger partial charge in [-0.05, 0) is 41.8 Å². The van der Waals surface area contributed by atoms with Crippen LogP contribution in [0.1, 0.15) is 41.7 Å². The van der Waals surface area contributed by atoms with Crippen molar-refractivity contribution in [2.75, 3.05) is 0 Å². The Bertz CT molecular complexity index is 1020. The number of ether oxygens (including phenoxy) is 1. The van der Waals surface area contributed by atoms with E-state index in [0.29, 0.717) is 18.2 Å². The average molecular weight is 387 g/mol. The molecule has 6 heteroatoms. The highest BCUT2D eigenvalue weighted by atomic mass is 16.5. The van der Waals surface area contributed by atoms with Gasteiger partial charge in [0, 0.05) is 25.4 Å². The number of hydrogen-bond donors (Lipinski definition) is 1. The van der Waals surface area contributed by atoms with Crippen LogP contribution in [0.3, 0.4) is 0 Å². The molecule has 1 aliphatic heterocycles. The van der Waals surface area contributed by atoms with Gasteiger partial charge in [0.15, 0.2) is 5.82 Å². The average Bonchev–Trinajstić information content (AvgIpc) is 3.19. The van der Waals surface area contributed by atoms with Crippen molar-refractivity contribution in [2.24, 2.45) is 0 Å². The van der Waals surface area contributed by atoms with E-state index in [9.17, 15) is 0 Å². The van der Waals surface area contributed by atoms with E-state index >= 15 is 0 Å². The van der Waals surface area contributed by atoms with Crippen molar-refractivity contribution in [1.29, 1.82) is 5.26 Å². The zero-order valence-electron chi connectivity index (χ0n) is 16.6. The SMILES string of the molecule is CCc1nc2n(n1)CC(NCc1cccc(OCc3cccc(C#N)c3)c1)CC2. The number of rotatable bonds is 7. The highest BCUT2D eigenvalue weighted by molar-refractivity contribution is 5.33. The zero-order valence-corrected chi connectivity index (χ0v) is 16.6. The smallest absolute Gasteiger partial charge is 0.150 e. The van der Waals surface area contributed by atoms with Gasteiger partial charge < -0.3 is 10.1 Å². The molecule has 148 valence electrons. The number of hydrogen-bond acceptors (Lipinski definition) is 5. The molecule has 0 saturated carbocycles. The molecule has 0 saturated heterocycles. The molecule has 4 rings (SSSR count). The van der Waals surface area contributed by atoms with E-state index in [1.165, 1.54) is 5.56 Å². The number of nitrogens with zero attached hydrogens (tertiary/aromatic N) is 4. The Morgan fingerprint density at radius 2 is 2.07 bits per heavy atom. The lowest BCUT2D eigenvalue weighted by atomic mass is 10.1. The molecule has 0 aliphatic carbocycles. The second-order valence-electron chi connectivity index (χ2n) is 7.34. The van der Waals surface area contributed by atoms with E-state index in [4.69, 9.17) is 10.00 Å². The fourth-order valence-electron chi connectivity index (χ4n) is 3.58. The molecule has 3 aromatic rings. The van der Waals surface area contributed by atoms with E-state index in [2.05, 4.69) is 45.2 Å². The predicted molar refractivity (Wildman–Crippen MR) is 110 cm³/mol. The summed E-state index contributed by atoms with van der Waals surface area (Å²) in [5, 5.41) is 17.2. The maximum Gasteiger partial charge on any atom is 0.150 e. The van der Waals surface area contributed by atoms with Crippen molar-refractivity contribution in [3.63, 3.8) is 0 Å². The third-order valence-electron chi connectivity index (χ3n) is 5.17. The van der Waals surface area contributed by atoms with Gasteiger partial charge in [-0.3, -0.25) is 0 Å². The van der Waals surface area contributed by atoms with E-state index in [1.807, 2.05) is 30.3 Å². The molecule has 1 N–H and O–H groups in total. The van der Waals surface area contributed by atoms with Crippen molar-refractivity contribution in [3.8, 4) is 11.8 Å². The van der Waals surface area contributed by atoms with Crippen LogP contribution in [-0.4, -0.2) is 20.8 Å². The highest BCUT2D eigenvalue weighted by Crippen LogP contribution is 2.17. The fraction of sp³-hybridized carbons (Fsp3) is 0.348. The Morgan fingerprint density at radius 1 is 1.21 bits per heavy atom. The Hall–Kier alpha value is -3.17. The lowest BCUT2D eigenvalue weighted by Crippen LogP contribution is -2.37. The van der Waals surface area contributed by atoms with Gasteiger partial charge in [-0.2, -0.15) is 10.4 Å². The van der Waals surface area contributed by atoms with Crippen LogP contribution in [0.25, 0.3) is 0 Å². The summed E-state index contributed by atoms with van der Waals surface area (Å²) in [4.78, 5) is 4.58. The monoisotopic (exact) mass is 387 g/mol. The molecular weight excluding hydrogens is 362 g/mol. The molecule has 2 heterocycles. The molecule has 0 amide bonds. The number of fused-ring (bicyclic) bond motifs is 1. The molecule has 0 spiro atoms. The maximum atomic E-state index is 9.01. The minimum atomic E-state index is 0.396. The summed E-state index contributed by atoms with van der Waals surface area (Å²) in [7, 11) is 0. The predicted octanol–water partition coefficient (Wildman–Crippen LogP) is 3.40. The molecule has 1 aliphatic rings. The summed E-state index contributed by atoms with van der Waals surface area (Å²) >= 11 is 0. The van der Waals surface area contributed by atoms with Crippen LogP contribution >= 0.6 is 0 Å². The highest BCUT2D eigenvalue weighted by Gasteiger charge is 2.20. The van der Waals surface area contributed by atoms with E-state index in [0.717, 1.165) is 55.3 Å². The standard InChI is InChI=1S/C23H25N5O/c1-2-22-26-23-10-9-20(15-28(23)27-22)25-14-18-6-4-8-21(12-18)29-16-19-7-3-5-17(11-19)13-24/h3-8,11-12,20,25H,2,9-10,14-16H2,1H3. The summed E-state index contributed by atoms with van der Waals surface area (Å²) in [6.07, 6.45) is 2.93. The molecular formula is C23H25N5O. The van der Waals surface area contributed by atoms with Crippen molar-refractivity contribution in [2.45, 2.75) is 51.9 Å². The first-order valence-corrected chi connectivity index (χ1v) is 10.1. The van der Waals surface area contributed by atoms with E-state index < -0.39 is 0 Å².